The molecule has 20 heteroatoms. The maximum atomic E-state index is 12.2. The first-order valence-corrected chi connectivity index (χ1v) is 15.3. The quantitative estimate of drug-likeness (QED) is 0.0819. The van der Waals surface area contributed by atoms with Crippen molar-refractivity contribution in [3.8, 4) is 5.75 Å². The van der Waals surface area contributed by atoms with Crippen molar-refractivity contribution in [3.05, 3.63) is 53.0 Å². The number of benzene rings is 3. The molecule has 0 aliphatic carbocycles. The highest BCUT2D eigenvalue weighted by Gasteiger charge is 2.19. The highest BCUT2D eigenvalue weighted by atomic mass is 35.5. The number of fused-ring (bicyclic) bond motifs is 1. The zero-order valence-electron chi connectivity index (χ0n) is 20.3. The molecule has 0 atom stereocenters. The van der Waals surface area contributed by atoms with Crippen LogP contribution in [0.3, 0.4) is 0 Å². The third-order valence-corrected chi connectivity index (χ3v) is 7.32. The van der Waals surface area contributed by atoms with E-state index in [-0.39, 0.29) is 50.4 Å². The van der Waals surface area contributed by atoms with Crippen LogP contribution >= 0.6 is 35.2 Å². The van der Waals surface area contributed by atoms with Gasteiger partial charge < -0.3 is 19.9 Å². The molecule has 1 heterocycles. The zero-order chi connectivity index (χ0) is 29.9. The van der Waals surface area contributed by atoms with Crippen molar-refractivity contribution >= 4 is 95.0 Å². The summed E-state index contributed by atoms with van der Waals surface area (Å²) in [5.41, 5.74) is -0.308. The summed E-state index contributed by atoms with van der Waals surface area (Å²) in [6.07, 6.45) is 0. The predicted molar refractivity (Wildman–Crippen MR) is 152 cm³/mol. The Morgan fingerprint density at radius 1 is 0.976 bits per heavy atom. The Kier molecular flexibility index (Phi) is 9.14. The van der Waals surface area contributed by atoms with Gasteiger partial charge in [0, 0.05) is 22.6 Å². The van der Waals surface area contributed by atoms with Crippen LogP contribution in [0.25, 0.3) is 10.8 Å². The van der Waals surface area contributed by atoms with Crippen LogP contribution < -0.4 is 10.6 Å². The topological polar surface area (TPSA) is 226 Å². The first-order chi connectivity index (χ1) is 19.2. The molecule has 0 radical (unpaired) electrons. The Hall–Kier alpha value is -3.36. The van der Waals surface area contributed by atoms with E-state index in [9.17, 15) is 31.0 Å². The van der Waals surface area contributed by atoms with E-state index in [2.05, 4.69) is 35.8 Å². The molecule has 0 bridgehead atoms. The monoisotopic (exact) mass is 661 g/mol. The normalized spacial score (nSPS) is 12.2. The molecular weight excluding hydrogens is 645 g/mol. The van der Waals surface area contributed by atoms with Crippen LogP contribution in [0.4, 0.5) is 28.7 Å². The fraction of sp³-hybridized carbons (Fsp3) is 0.0952. The SMILES string of the molecule is COSc1cc(O)c2c(N=Nc3ccc(Nc4nc(Cl)nc(Cl)n4)cc3S(=O)(=O)O)c(NCS(=O)(=O)O)ccc2c1. The number of nitrogens with zero attached hydrogens (tertiary/aromatic N) is 5. The minimum atomic E-state index is -4.86. The Balaban J connectivity index is 1.82. The molecule has 0 aliphatic rings. The summed E-state index contributed by atoms with van der Waals surface area (Å²) < 4.78 is 71.2. The van der Waals surface area contributed by atoms with Gasteiger partial charge in [0.15, 0.2) is 0 Å². The van der Waals surface area contributed by atoms with Gasteiger partial charge in [0.2, 0.25) is 16.5 Å². The lowest BCUT2D eigenvalue weighted by Gasteiger charge is -2.13. The van der Waals surface area contributed by atoms with Crippen LogP contribution in [0.2, 0.25) is 10.6 Å². The van der Waals surface area contributed by atoms with Crippen molar-refractivity contribution in [2.45, 2.75) is 9.79 Å². The maximum Gasteiger partial charge on any atom is 0.296 e. The number of hydrogen-bond acceptors (Lipinski definition) is 14. The molecular formula is C21H17Cl2N7O8S3. The molecule has 15 nitrogen and oxygen atoms in total. The average Bonchev–Trinajstić information content (AvgIpc) is 2.85. The van der Waals surface area contributed by atoms with E-state index in [1.54, 1.807) is 12.1 Å². The third kappa shape index (κ3) is 7.89. The van der Waals surface area contributed by atoms with Crippen molar-refractivity contribution in [1.29, 1.82) is 0 Å². The molecule has 0 saturated carbocycles. The second kappa shape index (κ2) is 12.2. The summed E-state index contributed by atoms with van der Waals surface area (Å²) in [4.78, 5) is 11.1. The highest BCUT2D eigenvalue weighted by Crippen LogP contribution is 2.43. The van der Waals surface area contributed by atoms with E-state index in [1.807, 2.05) is 0 Å². The fourth-order valence-electron chi connectivity index (χ4n) is 3.45. The van der Waals surface area contributed by atoms with Gasteiger partial charge in [0.05, 0.1) is 18.2 Å². The second-order valence-electron chi connectivity index (χ2n) is 7.83. The number of aromatic hydroxyl groups is 1. The summed E-state index contributed by atoms with van der Waals surface area (Å²) in [6, 6.07) is 9.56. The van der Waals surface area contributed by atoms with Gasteiger partial charge in [0.1, 0.15) is 27.9 Å². The summed E-state index contributed by atoms with van der Waals surface area (Å²) >= 11 is 12.5. The molecule has 4 aromatic rings. The number of nitrogens with one attached hydrogen (secondary N) is 2. The first-order valence-electron chi connectivity index (χ1n) is 10.8. The minimum absolute atomic E-state index is 0.0246. The van der Waals surface area contributed by atoms with E-state index in [0.29, 0.717) is 10.3 Å². The maximum absolute atomic E-state index is 12.2. The molecule has 5 N–H and O–H groups in total. The summed E-state index contributed by atoms with van der Waals surface area (Å²) in [5.74, 6) is -1.30. The summed E-state index contributed by atoms with van der Waals surface area (Å²) in [5, 5.41) is 24.1. The second-order valence-corrected chi connectivity index (χ2v) is 12.3. The van der Waals surface area contributed by atoms with E-state index in [1.165, 1.54) is 31.4 Å². The Bertz CT molecular complexity index is 1870. The largest absolute Gasteiger partial charge is 0.507 e. The van der Waals surface area contributed by atoms with Gasteiger partial charge in [-0.05, 0) is 65.0 Å². The number of phenolic OH excluding ortho intramolecular Hbond substituents is 1. The molecule has 4 rings (SSSR count). The van der Waals surface area contributed by atoms with Gasteiger partial charge in [-0.3, -0.25) is 9.11 Å². The van der Waals surface area contributed by atoms with Gasteiger partial charge in [-0.1, -0.05) is 6.07 Å². The molecule has 0 fully saturated rings. The summed E-state index contributed by atoms with van der Waals surface area (Å²) in [7, 11) is -7.89. The number of phenols is 1. The van der Waals surface area contributed by atoms with Gasteiger partial charge >= 0.3 is 0 Å². The van der Waals surface area contributed by atoms with Crippen LogP contribution in [-0.2, 0) is 24.4 Å². The number of rotatable bonds is 10. The van der Waals surface area contributed by atoms with Crippen LogP contribution in [0.5, 0.6) is 5.75 Å². The van der Waals surface area contributed by atoms with Gasteiger partial charge in [-0.15, -0.1) is 10.2 Å². The Labute approximate surface area is 246 Å². The minimum Gasteiger partial charge on any atom is -0.507 e. The smallest absolute Gasteiger partial charge is 0.296 e. The zero-order valence-corrected chi connectivity index (χ0v) is 24.3. The van der Waals surface area contributed by atoms with Crippen molar-refractivity contribution in [2.75, 3.05) is 23.6 Å². The lowest BCUT2D eigenvalue weighted by Crippen LogP contribution is -2.13. The standard InChI is InChI=1S/C21H17Cl2N7O8S3/c1-38-39-12-6-10-2-4-14(24-9-40(32,33)34)18(17(10)15(31)8-12)30-29-13-5-3-11(7-16(13)41(35,36)37)25-21-27-19(22)26-20(23)28-21/h2-8,24,31H,9H2,1H3,(H,32,33,34)(H,35,36,37)(H,25,26,27,28). The van der Waals surface area contributed by atoms with E-state index < -0.39 is 31.0 Å². The molecule has 41 heavy (non-hydrogen) atoms. The average molecular weight is 663 g/mol. The third-order valence-electron chi connectivity index (χ3n) is 5.00. The number of halogens is 2. The van der Waals surface area contributed by atoms with Gasteiger partial charge in [-0.25, -0.2) is 0 Å². The van der Waals surface area contributed by atoms with Crippen LogP contribution in [0, 0.1) is 0 Å². The number of azo groups is 1. The Morgan fingerprint density at radius 2 is 1.68 bits per heavy atom. The van der Waals surface area contributed by atoms with Gasteiger partial charge in [0.25, 0.3) is 20.2 Å². The van der Waals surface area contributed by atoms with Crippen molar-refractivity contribution in [2.24, 2.45) is 10.2 Å². The van der Waals surface area contributed by atoms with Crippen LogP contribution in [-0.4, -0.2) is 59.0 Å². The van der Waals surface area contributed by atoms with Crippen molar-refractivity contribution < 1.29 is 35.2 Å². The molecule has 0 spiro atoms. The lowest BCUT2D eigenvalue weighted by atomic mass is 10.1. The molecule has 0 unspecified atom stereocenters. The predicted octanol–water partition coefficient (Wildman–Crippen LogP) is 5.35. The van der Waals surface area contributed by atoms with Crippen LogP contribution in [0.15, 0.2) is 62.5 Å². The van der Waals surface area contributed by atoms with E-state index >= 15 is 0 Å². The Morgan fingerprint density at radius 3 is 2.32 bits per heavy atom. The molecule has 0 amide bonds. The fourth-order valence-corrected chi connectivity index (χ4v) is 5.33. The molecule has 0 aliphatic heterocycles. The molecule has 3 aromatic carbocycles. The molecule has 1 aromatic heterocycles. The number of aromatic nitrogens is 3. The highest BCUT2D eigenvalue weighted by molar-refractivity contribution is 7.94. The lowest BCUT2D eigenvalue weighted by molar-refractivity contribution is 0.477. The summed E-state index contributed by atoms with van der Waals surface area (Å²) in [6.45, 7) is 0. The van der Waals surface area contributed by atoms with Crippen molar-refractivity contribution in [1.82, 2.24) is 15.0 Å². The van der Waals surface area contributed by atoms with E-state index in [4.69, 9.17) is 27.4 Å². The molecule has 0 saturated heterocycles. The van der Waals surface area contributed by atoms with Crippen molar-refractivity contribution in [3.63, 3.8) is 0 Å². The first kappa shape index (κ1) is 30.6. The molecule has 216 valence electrons. The van der Waals surface area contributed by atoms with E-state index in [0.717, 1.165) is 18.1 Å². The number of hydrogen-bond donors (Lipinski definition) is 5. The number of anilines is 3. The van der Waals surface area contributed by atoms with Crippen LogP contribution in [0.1, 0.15) is 0 Å². The van der Waals surface area contributed by atoms with Gasteiger partial charge in [-0.2, -0.15) is 31.8 Å².